The van der Waals surface area contributed by atoms with Gasteiger partial charge < -0.3 is 15.0 Å². The molecule has 1 aromatic heterocycles. The molecule has 0 bridgehead atoms. The molecule has 0 aliphatic carbocycles. The zero-order chi connectivity index (χ0) is 18.9. The summed E-state index contributed by atoms with van der Waals surface area (Å²) in [4.78, 5) is 5.59. The SMILES string of the molecule is FC(F)(F)Oc1ccc([C@@H](c2cccc3[nH]ccc23)N2CCNCC2)cc1. The summed E-state index contributed by atoms with van der Waals surface area (Å²) in [5.41, 5.74) is 3.13. The van der Waals surface area contributed by atoms with Crippen LogP contribution in [0.2, 0.25) is 0 Å². The lowest BCUT2D eigenvalue weighted by Gasteiger charge is -2.36. The fraction of sp³-hybridized carbons (Fsp3) is 0.300. The first kappa shape index (κ1) is 17.9. The lowest BCUT2D eigenvalue weighted by molar-refractivity contribution is -0.274. The second kappa shape index (κ2) is 7.25. The molecule has 142 valence electrons. The van der Waals surface area contributed by atoms with Gasteiger partial charge in [-0.25, -0.2) is 0 Å². The van der Waals surface area contributed by atoms with E-state index in [0.29, 0.717) is 0 Å². The number of aromatic amines is 1. The van der Waals surface area contributed by atoms with Crippen molar-refractivity contribution in [2.24, 2.45) is 0 Å². The van der Waals surface area contributed by atoms with Gasteiger partial charge in [-0.1, -0.05) is 24.3 Å². The second-order valence-corrected chi connectivity index (χ2v) is 6.59. The number of aromatic nitrogens is 1. The normalized spacial score (nSPS) is 17.1. The third-order valence-corrected chi connectivity index (χ3v) is 4.87. The molecule has 0 radical (unpaired) electrons. The van der Waals surface area contributed by atoms with Crippen LogP contribution in [-0.2, 0) is 0 Å². The van der Waals surface area contributed by atoms with Gasteiger partial charge in [0.05, 0.1) is 6.04 Å². The Morgan fingerprint density at radius 2 is 1.70 bits per heavy atom. The van der Waals surface area contributed by atoms with E-state index >= 15 is 0 Å². The zero-order valence-electron chi connectivity index (χ0n) is 14.6. The summed E-state index contributed by atoms with van der Waals surface area (Å²) in [6.45, 7) is 3.50. The fourth-order valence-electron chi connectivity index (χ4n) is 3.73. The molecule has 1 fully saturated rings. The molecule has 4 rings (SSSR count). The molecule has 1 aliphatic rings. The number of hydrogen-bond acceptors (Lipinski definition) is 3. The third kappa shape index (κ3) is 3.94. The highest BCUT2D eigenvalue weighted by molar-refractivity contribution is 5.83. The van der Waals surface area contributed by atoms with E-state index in [1.54, 1.807) is 12.1 Å². The molecular weight excluding hydrogens is 355 g/mol. The van der Waals surface area contributed by atoms with Gasteiger partial charge in [-0.2, -0.15) is 0 Å². The Morgan fingerprint density at radius 1 is 0.963 bits per heavy atom. The summed E-state index contributed by atoms with van der Waals surface area (Å²) in [7, 11) is 0. The Morgan fingerprint density at radius 3 is 2.41 bits per heavy atom. The molecule has 0 unspecified atom stereocenters. The number of fused-ring (bicyclic) bond motifs is 1. The highest BCUT2D eigenvalue weighted by Crippen LogP contribution is 2.35. The number of H-pyrrole nitrogens is 1. The number of piperazine rings is 1. The molecule has 3 aromatic rings. The van der Waals surface area contributed by atoms with Gasteiger partial charge in [-0.05, 0) is 35.4 Å². The van der Waals surface area contributed by atoms with E-state index in [-0.39, 0.29) is 11.8 Å². The van der Waals surface area contributed by atoms with Crippen LogP contribution in [0.25, 0.3) is 10.9 Å². The molecule has 7 heteroatoms. The van der Waals surface area contributed by atoms with E-state index in [4.69, 9.17) is 0 Å². The number of alkyl halides is 3. The number of ether oxygens (including phenoxy) is 1. The Balaban J connectivity index is 1.73. The molecule has 2 heterocycles. The summed E-state index contributed by atoms with van der Waals surface area (Å²) in [5.74, 6) is -0.204. The Labute approximate surface area is 154 Å². The van der Waals surface area contributed by atoms with Crippen LogP contribution in [0.15, 0.2) is 54.7 Å². The molecule has 0 amide bonds. The minimum absolute atomic E-state index is 0.0356. The first-order valence-electron chi connectivity index (χ1n) is 8.88. The van der Waals surface area contributed by atoms with Gasteiger partial charge in [0.25, 0.3) is 0 Å². The van der Waals surface area contributed by atoms with Crippen molar-refractivity contribution in [2.45, 2.75) is 12.4 Å². The second-order valence-electron chi connectivity index (χ2n) is 6.59. The maximum atomic E-state index is 12.5. The number of hydrogen-bond donors (Lipinski definition) is 2. The van der Waals surface area contributed by atoms with Crippen LogP contribution in [0.1, 0.15) is 17.2 Å². The summed E-state index contributed by atoms with van der Waals surface area (Å²) in [5, 5.41) is 4.47. The zero-order valence-corrected chi connectivity index (χ0v) is 14.6. The van der Waals surface area contributed by atoms with Crippen molar-refractivity contribution < 1.29 is 17.9 Å². The van der Waals surface area contributed by atoms with Crippen LogP contribution in [0, 0.1) is 0 Å². The Hall–Kier alpha value is -2.51. The summed E-state index contributed by atoms with van der Waals surface area (Å²) >= 11 is 0. The van der Waals surface area contributed by atoms with Crippen molar-refractivity contribution in [1.29, 1.82) is 0 Å². The van der Waals surface area contributed by atoms with Crippen molar-refractivity contribution in [1.82, 2.24) is 15.2 Å². The van der Waals surface area contributed by atoms with E-state index in [9.17, 15) is 13.2 Å². The van der Waals surface area contributed by atoms with Gasteiger partial charge in [0.15, 0.2) is 0 Å². The first-order valence-corrected chi connectivity index (χ1v) is 8.88. The largest absolute Gasteiger partial charge is 0.573 e. The lowest BCUT2D eigenvalue weighted by atomic mass is 9.94. The van der Waals surface area contributed by atoms with Crippen LogP contribution in [0.5, 0.6) is 5.75 Å². The first-order chi connectivity index (χ1) is 13.0. The fourth-order valence-corrected chi connectivity index (χ4v) is 3.73. The number of nitrogens with one attached hydrogen (secondary N) is 2. The predicted octanol–water partition coefficient (Wildman–Crippen LogP) is 4.06. The summed E-state index contributed by atoms with van der Waals surface area (Å²) < 4.78 is 41.4. The average molecular weight is 375 g/mol. The van der Waals surface area contributed by atoms with Crippen LogP contribution in [0.3, 0.4) is 0 Å². The molecule has 27 heavy (non-hydrogen) atoms. The third-order valence-electron chi connectivity index (χ3n) is 4.87. The highest BCUT2D eigenvalue weighted by Gasteiger charge is 2.31. The molecular formula is C20H20F3N3O. The number of nitrogens with zero attached hydrogens (tertiary/aromatic N) is 1. The lowest BCUT2D eigenvalue weighted by Crippen LogP contribution is -2.45. The number of halogens is 3. The van der Waals surface area contributed by atoms with Crippen LogP contribution in [-0.4, -0.2) is 42.4 Å². The standard InChI is InChI=1S/C20H20F3N3O/c21-20(22,23)27-15-6-4-14(5-7-15)19(26-12-10-24-11-13-26)17-2-1-3-18-16(17)8-9-25-18/h1-9,19,24-25H,10-13H2/t19-/m0/s1. The van der Waals surface area contributed by atoms with E-state index in [1.807, 2.05) is 24.4 Å². The maximum Gasteiger partial charge on any atom is 0.573 e. The number of rotatable bonds is 4. The van der Waals surface area contributed by atoms with Gasteiger partial charge in [0, 0.05) is 43.3 Å². The van der Waals surface area contributed by atoms with E-state index in [1.165, 1.54) is 12.1 Å². The highest BCUT2D eigenvalue weighted by atomic mass is 19.4. The van der Waals surface area contributed by atoms with E-state index in [0.717, 1.165) is 48.2 Å². The molecule has 1 saturated heterocycles. The van der Waals surface area contributed by atoms with Crippen molar-refractivity contribution in [2.75, 3.05) is 26.2 Å². The van der Waals surface area contributed by atoms with Crippen molar-refractivity contribution in [3.8, 4) is 5.75 Å². The average Bonchev–Trinajstić information content (AvgIpc) is 3.13. The summed E-state index contributed by atoms with van der Waals surface area (Å²) in [6, 6.07) is 14.3. The quantitative estimate of drug-likeness (QED) is 0.723. The molecule has 1 aliphatic heterocycles. The summed E-state index contributed by atoms with van der Waals surface area (Å²) in [6.07, 6.45) is -2.78. The maximum absolute atomic E-state index is 12.5. The van der Waals surface area contributed by atoms with Crippen LogP contribution >= 0.6 is 0 Å². The topological polar surface area (TPSA) is 40.3 Å². The molecule has 0 saturated carbocycles. The van der Waals surface area contributed by atoms with E-state index in [2.05, 4.69) is 26.0 Å². The Kier molecular flexibility index (Phi) is 4.80. The van der Waals surface area contributed by atoms with Crippen molar-refractivity contribution >= 4 is 10.9 Å². The minimum Gasteiger partial charge on any atom is -0.406 e. The minimum atomic E-state index is -4.68. The molecule has 2 aromatic carbocycles. The van der Waals surface area contributed by atoms with E-state index < -0.39 is 6.36 Å². The van der Waals surface area contributed by atoms with Gasteiger partial charge in [0.1, 0.15) is 5.75 Å². The molecule has 0 spiro atoms. The van der Waals surface area contributed by atoms with Crippen LogP contribution < -0.4 is 10.1 Å². The number of benzene rings is 2. The van der Waals surface area contributed by atoms with Crippen LogP contribution in [0.4, 0.5) is 13.2 Å². The van der Waals surface area contributed by atoms with Gasteiger partial charge in [-0.3, -0.25) is 4.90 Å². The van der Waals surface area contributed by atoms with Crippen molar-refractivity contribution in [3.05, 3.63) is 65.9 Å². The monoisotopic (exact) mass is 375 g/mol. The van der Waals surface area contributed by atoms with Gasteiger partial charge in [-0.15, -0.1) is 13.2 Å². The van der Waals surface area contributed by atoms with Gasteiger partial charge >= 0.3 is 6.36 Å². The smallest absolute Gasteiger partial charge is 0.406 e. The molecule has 1 atom stereocenters. The Bertz CT molecular complexity index is 899. The molecule has 2 N–H and O–H groups in total. The molecule has 4 nitrogen and oxygen atoms in total. The van der Waals surface area contributed by atoms with Gasteiger partial charge in [0.2, 0.25) is 0 Å². The van der Waals surface area contributed by atoms with Crippen molar-refractivity contribution in [3.63, 3.8) is 0 Å². The predicted molar refractivity (Wildman–Crippen MR) is 97.7 cm³/mol.